The van der Waals surface area contributed by atoms with Gasteiger partial charge in [-0.15, -0.1) is 0 Å². The Morgan fingerprint density at radius 2 is 1.86 bits per heavy atom. The summed E-state index contributed by atoms with van der Waals surface area (Å²) in [5, 5.41) is 1.30. The molecule has 0 saturated carbocycles. The topological polar surface area (TPSA) is 18.5 Å². The number of hydrogen-bond donors (Lipinski definition) is 0. The molecule has 0 unspecified atom stereocenters. The Labute approximate surface area is 106 Å². The predicted molar refractivity (Wildman–Crippen MR) is 63.8 cm³/mol. The van der Waals surface area contributed by atoms with Crippen LogP contribution in [0.1, 0.15) is 11.9 Å². The highest BCUT2D eigenvalue weighted by atomic mass is 127. The lowest BCUT2D eigenvalue weighted by molar-refractivity contribution is -0.0440. The van der Waals surface area contributed by atoms with Gasteiger partial charge in [-0.25, -0.2) is 0 Å². The predicted octanol–water partition coefficient (Wildman–Crippen LogP) is 3.64. The van der Waals surface area contributed by atoms with Gasteiger partial charge in [0.25, 0.3) is 0 Å². The van der Waals surface area contributed by atoms with Gasteiger partial charge in [0.15, 0.2) is 6.29 Å². The first-order valence-corrected chi connectivity index (χ1v) is 5.89. The van der Waals surface area contributed by atoms with E-state index >= 15 is 0 Å². The molecule has 1 aromatic carbocycles. The van der Waals surface area contributed by atoms with Gasteiger partial charge >= 0.3 is 0 Å². The highest BCUT2D eigenvalue weighted by Crippen LogP contribution is 2.34. The fourth-order valence-corrected chi connectivity index (χ4v) is 2.54. The average Bonchev–Trinajstić information content (AvgIpc) is 2.63. The largest absolute Gasteiger partial charge is 0.346 e. The van der Waals surface area contributed by atoms with Crippen LogP contribution >= 0.6 is 45.8 Å². The van der Waals surface area contributed by atoms with E-state index in [1.54, 1.807) is 6.07 Å². The van der Waals surface area contributed by atoms with Crippen molar-refractivity contribution in [1.82, 2.24) is 0 Å². The Bertz CT molecular complexity index is 351. The molecular formula is C9H7Cl2IO2. The molecule has 0 aliphatic carbocycles. The van der Waals surface area contributed by atoms with E-state index in [0.29, 0.717) is 23.3 Å². The minimum absolute atomic E-state index is 0.366. The molecule has 2 rings (SSSR count). The van der Waals surface area contributed by atoms with Crippen LogP contribution < -0.4 is 0 Å². The molecule has 2 nitrogen and oxygen atoms in total. The quantitative estimate of drug-likeness (QED) is 0.572. The maximum atomic E-state index is 6.12. The lowest BCUT2D eigenvalue weighted by Crippen LogP contribution is -2.00. The van der Waals surface area contributed by atoms with E-state index in [-0.39, 0.29) is 6.29 Å². The van der Waals surface area contributed by atoms with Crippen molar-refractivity contribution < 1.29 is 9.47 Å². The Morgan fingerprint density at radius 1 is 1.21 bits per heavy atom. The van der Waals surface area contributed by atoms with E-state index in [4.69, 9.17) is 32.7 Å². The third kappa shape index (κ3) is 2.17. The van der Waals surface area contributed by atoms with E-state index in [2.05, 4.69) is 22.6 Å². The summed E-state index contributed by atoms with van der Waals surface area (Å²) in [5.41, 5.74) is 0.807. The first-order chi connectivity index (χ1) is 6.68. The van der Waals surface area contributed by atoms with Crippen molar-refractivity contribution in [2.75, 3.05) is 13.2 Å². The van der Waals surface area contributed by atoms with Crippen molar-refractivity contribution in [2.45, 2.75) is 6.29 Å². The van der Waals surface area contributed by atoms with Gasteiger partial charge in [0, 0.05) is 14.2 Å². The van der Waals surface area contributed by atoms with Gasteiger partial charge in [0.2, 0.25) is 0 Å². The Morgan fingerprint density at radius 3 is 2.50 bits per heavy atom. The lowest BCUT2D eigenvalue weighted by Gasteiger charge is -2.12. The standard InChI is InChI=1S/C9H7Cl2IO2/c10-5-3-6(8(11)7(12)4-5)9-13-1-2-14-9/h3-4,9H,1-2H2. The number of halogens is 3. The molecule has 5 heteroatoms. The summed E-state index contributed by atoms with van der Waals surface area (Å²) >= 11 is 14.2. The van der Waals surface area contributed by atoms with Gasteiger partial charge in [0.1, 0.15) is 0 Å². The number of hydrogen-bond acceptors (Lipinski definition) is 2. The number of rotatable bonds is 1. The van der Waals surface area contributed by atoms with Crippen molar-refractivity contribution in [3.8, 4) is 0 Å². The van der Waals surface area contributed by atoms with Crippen molar-refractivity contribution in [3.05, 3.63) is 31.3 Å². The maximum Gasteiger partial charge on any atom is 0.185 e. The van der Waals surface area contributed by atoms with Crippen LogP contribution in [-0.4, -0.2) is 13.2 Å². The zero-order chi connectivity index (χ0) is 10.1. The van der Waals surface area contributed by atoms with Gasteiger partial charge in [-0.05, 0) is 34.7 Å². The lowest BCUT2D eigenvalue weighted by atomic mass is 10.2. The minimum atomic E-state index is -0.366. The molecule has 0 aromatic heterocycles. The van der Waals surface area contributed by atoms with Crippen LogP contribution in [0.25, 0.3) is 0 Å². The first kappa shape index (κ1) is 11.0. The van der Waals surface area contributed by atoms with E-state index in [1.807, 2.05) is 6.07 Å². The smallest absolute Gasteiger partial charge is 0.185 e. The summed E-state index contributed by atoms with van der Waals surface area (Å²) in [5.74, 6) is 0. The van der Waals surface area contributed by atoms with Crippen molar-refractivity contribution in [1.29, 1.82) is 0 Å². The number of benzene rings is 1. The normalized spacial score (nSPS) is 17.6. The molecule has 0 atom stereocenters. The summed E-state index contributed by atoms with van der Waals surface area (Å²) < 4.78 is 11.6. The van der Waals surface area contributed by atoms with Crippen molar-refractivity contribution in [2.24, 2.45) is 0 Å². The number of ether oxygens (including phenoxy) is 2. The zero-order valence-electron chi connectivity index (χ0n) is 7.10. The first-order valence-electron chi connectivity index (χ1n) is 4.06. The molecule has 0 spiro atoms. The molecule has 0 amide bonds. The molecule has 0 N–H and O–H groups in total. The fraction of sp³-hybridized carbons (Fsp3) is 0.333. The summed E-state index contributed by atoms with van der Waals surface area (Å²) in [6, 6.07) is 3.59. The van der Waals surface area contributed by atoms with Crippen LogP contribution in [0.5, 0.6) is 0 Å². The fourth-order valence-electron chi connectivity index (χ4n) is 1.29. The second-order valence-electron chi connectivity index (χ2n) is 2.86. The summed E-state index contributed by atoms with van der Waals surface area (Å²) in [7, 11) is 0. The molecule has 76 valence electrons. The summed E-state index contributed by atoms with van der Waals surface area (Å²) in [6.07, 6.45) is -0.366. The van der Waals surface area contributed by atoms with Gasteiger partial charge in [0.05, 0.1) is 18.2 Å². The molecule has 1 aliphatic rings. The Kier molecular flexibility index (Phi) is 3.54. The monoisotopic (exact) mass is 344 g/mol. The molecule has 1 aliphatic heterocycles. The Balaban J connectivity index is 2.40. The molecule has 1 heterocycles. The molecule has 0 bridgehead atoms. The summed E-state index contributed by atoms with van der Waals surface area (Å²) in [4.78, 5) is 0. The Hall–Kier alpha value is 0.450. The van der Waals surface area contributed by atoms with E-state index < -0.39 is 0 Å². The third-order valence-corrected chi connectivity index (χ3v) is 3.71. The molecular weight excluding hydrogens is 338 g/mol. The van der Waals surface area contributed by atoms with E-state index in [9.17, 15) is 0 Å². The SMILES string of the molecule is Clc1cc(I)c(Cl)c(C2OCCO2)c1. The van der Waals surface area contributed by atoms with Crippen LogP contribution in [0, 0.1) is 3.57 Å². The minimum Gasteiger partial charge on any atom is -0.346 e. The van der Waals surface area contributed by atoms with Crippen LogP contribution in [0.15, 0.2) is 12.1 Å². The maximum absolute atomic E-state index is 6.12. The van der Waals surface area contributed by atoms with Crippen LogP contribution in [0.4, 0.5) is 0 Å². The van der Waals surface area contributed by atoms with Gasteiger partial charge in [-0.2, -0.15) is 0 Å². The van der Waals surface area contributed by atoms with Crippen LogP contribution in [-0.2, 0) is 9.47 Å². The third-order valence-electron chi connectivity index (χ3n) is 1.90. The molecule has 0 radical (unpaired) electrons. The zero-order valence-corrected chi connectivity index (χ0v) is 10.8. The van der Waals surface area contributed by atoms with Crippen LogP contribution in [0.2, 0.25) is 10.0 Å². The van der Waals surface area contributed by atoms with Gasteiger partial charge < -0.3 is 9.47 Å². The highest BCUT2D eigenvalue weighted by molar-refractivity contribution is 14.1. The van der Waals surface area contributed by atoms with Crippen molar-refractivity contribution in [3.63, 3.8) is 0 Å². The molecule has 14 heavy (non-hydrogen) atoms. The van der Waals surface area contributed by atoms with Gasteiger partial charge in [-0.1, -0.05) is 23.2 Å². The molecule has 1 saturated heterocycles. The van der Waals surface area contributed by atoms with Gasteiger partial charge in [-0.3, -0.25) is 0 Å². The van der Waals surface area contributed by atoms with Crippen LogP contribution in [0.3, 0.4) is 0 Å². The molecule has 1 aromatic rings. The second-order valence-corrected chi connectivity index (χ2v) is 4.84. The second kappa shape index (κ2) is 4.53. The van der Waals surface area contributed by atoms with Crippen molar-refractivity contribution >= 4 is 45.8 Å². The van der Waals surface area contributed by atoms with E-state index in [0.717, 1.165) is 9.13 Å². The van der Waals surface area contributed by atoms with E-state index in [1.165, 1.54) is 0 Å². The molecule has 1 fully saturated rings. The summed E-state index contributed by atoms with van der Waals surface area (Å²) in [6.45, 7) is 1.20. The highest BCUT2D eigenvalue weighted by Gasteiger charge is 2.22. The average molecular weight is 345 g/mol.